The fourth-order valence-corrected chi connectivity index (χ4v) is 4.26. The number of carbonyl (C=O) groups excluding carboxylic acids is 1. The number of sulfonamides is 1. The Morgan fingerprint density at radius 2 is 1.66 bits per heavy atom. The van der Waals surface area contributed by atoms with E-state index in [0.717, 1.165) is 0 Å². The number of hydrogen-bond donors (Lipinski definition) is 3. The first-order valence-electron chi connectivity index (χ1n) is 10.6. The molecule has 178 valence electrons. The Labute approximate surface area is 202 Å². The van der Waals surface area contributed by atoms with Gasteiger partial charge in [0.2, 0.25) is 0 Å². The monoisotopic (exact) mass is 490 g/mol. The summed E-state index contributed by atoms with van der Waals surface area (Å²) in [6.45, 7) is 2.32. The molecule has 0 bridgehead atoms. The predicted octanol–water partition coefficient (Wildman–Crippen LogP) is 4.30. The van der Waals surface area contributed by atoms with E-state index in [2.05, 4.69) is 20.0 Å². The number of aromatic nitrogens is 2. The Morgan fingerprint density at radius 3 is 2.34 bits per heavy atom. The Balaban J connectivity index is 1.45. The number of rotatable bonds is 8. The molecule has 0 saturated heterocycles. The number of ether oxygens (including phenoxy) is 1. The average molecular weight is 491 g/mol. The van der Waals surface area contributed by atoms with Gasteiger partial charge in [0.1, 0.15) is 11.5 Å². The van der Waals surface area contributed by atoms with E-state index in [-0.39, 0.29) is 21.9 Å². The quantitative estimate of drug-likeness (QED) is 0.336. The molecule has 0 aliphatic heterocycles. The van der Waals surface area contributed by atoms with Crippen molar-refractivity contribution in [2.75, 3.05) is 16.6 Å². The Morgan fingerprint density at radius 1 is 0.943 bits per heavy atom. The van der Waals surface area contributed by atoms with E-state index < -0.39 is 15.9 Å². The van der Waals surface area contributed by atoms with Gasteiger partial charge in [-0.25, -0.2) is 18.4 Å². The molecule has 9 nitrogen and oxygen atoms in total. The Kier molecular flexibility index (Phi) is 6.93. The zero-order valence-electron chi connectivity index (χ0n) is 18.7. The van der Waals surface area contributed by atoms with Crippen molar-refractivity contribution < 1.29 is 23.1 Å². The normalized spacial score (nSPS) is 11.0. The van der Waals surface area contributed by atoms with Crippen LogP contribution in [0.4, 0.5) is 11.4 Å². The van der Waals surface area contributed by atoms with Crippen LogP contribution in [-0.2, 0) is 10.0 Å². The van der Waals surface area contributed by atoms with E-state index in [1.807, 2.05) is 6.92 Å². The molecule has 35 heavy (non-hydrogen) atoms. The summed E-state index contributed by atoms with van der Waals surface area (Å²) in [6.07, 6.45) is 2.89. The third-order valence-corrected chi connectivity index (χ3v) is 6.23. The van der Waals surface area contributed by atoms with E-state index in [0.29, 0.717) is 29.4 Å². The predicted molar refractivity (Wildman–Crippen MR) is 132 cm³/mol. The van der Waals surface area contributed by atoms with Gasteiger partial charge in [0, 0.05) is 16.8 Å². The second kappa shape index (κ2) is 10.2. The molecule has 3 N–H and O–H groups in total. The number of anilines is 2. The summed E-state index contributed by atoms with van der Waals surface area (Å²) in [4.78, 5) is 21.2. The Hall–Kier alpha value is -4.44. The number of nitrogens with zero attached hydrogens (tertiary/aromatic N) is 2. The minimum absolute atomic E-state index is 0.0692. The minimum Gasteiger partial charge on any atom is -0.508 e. The van der Waals surface area contributed by atoms with E-state index >= 15 is 0 Å². The summed E-state index contributed by atoms with van der Waals surface area (Å²) in [5, 5.41) is 12.3. The molecule has 1 heterocycles. The van der Waals surface area contributed by atoms with Crippen molar-refractivity contribution >= 4 is 27.3 Å². The molecule has 0 aliphatic carbocycles. The minimum atomic E-state index is -3.86. The number of phenolic OH excluding ortho intramolecular Hbond substituents is 1. The summed E-state index contributed by atoms with van der Waals surface area (Å²) < 4.78 is 33.3. The molecule has 4 rings (SSSR count). The van der Waals surface area contributed by atoms with Gasteiger partial charge in [0.15, 0.2) is 5.82 Å². The number of aromatic hydroxyl groups is 1. The van der Waals surface area contributed by atoms with Crippen LogP contribution in [0.1, 0.15) is 17.3 Å². The smallest absolute Gasteiger partial charge is 0.261 e. The lowest BCUT2D eigenvalue weighted by Crippen LogP contribution is -2.15. The first-order chi connectivity index (χ1) is 16.8. The van der Waals surface area contributed by atoms with Crippen LogP contribution >= 0.6 is 0 Å². The number of amides is 1. The zero-order valence-corrected chi connectivity index (χ0v) is 19.5. The van der Waals surface area contributed by atoms with Crippen molar-refractivity contribution in [2.45, 2.75) is 11.8 Å². The van der Waals surface area contributed by atoms with Crippen molar-refractivity contribution in [1.82, 2.24) is 9.97 Å². The standard InChI is InChI=1S/C25H22N4O5S/c1-2-34-22-9-11-23(12-10-22)35(32,33)29-19-7-3-6-18(13-19)25(31)28-20-15-26-24(27-16-20)17-5-4-8-21(30)14-17/h3-16,29-30H,2H2,1H3,(H,28,31). The van der Waals surface area contributed by atoms with Gasteiger partial charge in [0.25, 0.3) is 15.9 Å². The van der Waals surface area contributed by atoms with Gasteiger partial charge in [0.05, 0.1) is 29.6 Å². The number of carbonyl (C=O) groups is 1. The zero-order chi connectivity index (χ0) is 24.8. The number of nitrogens with one attached hydrogen (secondary N) is 2. The van der Waals surface area contributed by atoms with Crippen LogP contribution in [-0.4, -0.2) is 36.0 Å². The maximum absolute atomic E-state index is 12.7. The van der Waals surface area contributed by atoms with Crippen molar-refractivity contribution in [3.63, 3.8) is 0 Å². The van der Waals surface area contributed by atoms with Gasteiger partial charge >= 0.3 is 0 Å². The highest BCUT2D eigenvalue weighted by atomic mass is 32.2. The summed E-state index contributed by atoms with van der Waals surface area (Å²) in [7, 11) is -3.86. The van der Waals surface area contributed by atoms with E-state index in [4.69, 9.17) is 4.74 Å². The van der Waals surface area contributed by atoms with Gasteiger partial charge in [-0.15, -0.1) is 0 Å². The molecular weight excluding hydrogens is 468 g/mol. The molecule has 1 amide bonds. The fourth-order valence-electron chi connectivity index (χ4n) is 3.21. The van der Waals surface area contributed by atoms with Gasteiger partial charge in [-0.3, -0.25) is 9.52 Å². The largest absolute Gasteiger partial charge is 0.508 e. The maximum Gasteiger partial charge on any atom is 0.261 e. The van der Waals surface area contributed by atoms with E-state index in [1.165, 1.54) is 36.7 Å². The number of phenols is 1. The molecule has 0 fully saturated rings. The van der Waals surface area contributed by atoms with Crippen LogP contribution in [0.5, 0.6) is 11.5 Å². The summed E-state index contributed by atoms with van der Waals surface area (Å²) >= 11 is 0. The molecule has 10 heteroatoms. The number of hydrogen-bond acceptors (Lipinski definition) is 7. The second-order valence-electron chi connectivity index (χ2n) is 7.39. The molecule has 0 atom stereocenters. The molecule has 4 aromatic rings. The average Bonchev–Trinajstić information content (AvgIpc) is 2.85. The molecule has 3 aromatic carbocycles. The first-order valence-corrected chi connectivity index (χ1v) is 12.1. The van der Waals surface area contributed by atoms with Gasteiger partial charge < -0.3 is 15.2 Å². The molecule has 0 radical (unpaired) electrons. The molecule has 0 unspecified atom stereocenters. The SMILES string of the molecule is CCOc1ccc(S(=O)(=O)Nc2cccc(C(=O)Nc3cnc(-c4cccc(O)c4)nc3)c2)cc1. The molecule has 0 spiro atoms. The van der Waals surface area contributed by atoms with Gasteiger partial charge in [-0.1, -0.05) is 18.2 Å². The lowest BCUT2D eigenvalue weighted by atomic mass is 10.2. The lowest BCUT2D eigenvalue weighted by Gasteiger charge is -2.11. The summed E-state index contributed by atoms with van der Waals surface area (Å²) in [5.41, 5.74) is 1.48. The summed E-state index contributed by atoms with van der Waals surface area (Å²) in [5.74, 6) is 0.607. The molecule has 0 saturated carbocycles. The highest BCUT2D eigenvalue weighted by Crippen LogP contribution is 2.22. The topological polar surface area (TPSA) is 131 Å². The maximum atomic E-state index is 12.7. The van der Waals surface area contributed by atoms with Crippen molar-refractivity contribution in [3.05, 3.63) is 90.8 Å². The molecule has 0 aliphatic rings. The van der Waals surface area contributed by atoms with Crippen molar-refractivity contribution in [2.24, 2.45) is 0 Å². The van der Waals surface area contributed by atoms with Crippen LogP contribution in [0.15, 0.2) is 90.1 Å². The fraction of sp³-hybridized carbons (Fsp3) is 0.0800. The van der Waals surface area contributed by atoms with Crippen molar-refractivity contribution in [3.8, 4) is 22.9 Å². The summed E-state index contributed by atoms with van der Waals surface area (Å²) in [6, 6.07) is 18.7. The lowest BCUT2D eigenvalue weighted by molar-refractivity contribution is 0.102. The van der Waals surface area contributed by atoms with Crippen LogP contribution in [0, 0.1) is 0 Å². The van der Waals surface area contributed by atoms with Crippen LogP contribution < -0.4 is 14.8 Å². The Bertz CT molecular complexity index is 1440. The van der Waals surface area contributed by atoms with Crippen LogP contribution in [0.2, 0.25) is 0 Å². The third-order valence-electron chi connectivity index (χ3n) is 4.84. The highest BCUT2D eigenvalue weighted by molar-refractivity contribution is 7.92. The van der Waals surface area contributed by atoms with Crippen LogP contribution in [0.25, 0.3) is 11.4 Å². The highest BCUT2D eigenvalue weighted by Gasteiger charge is 2.16. The van der Waals surface area contributed by atoms with Crippen molar-refractivity contribution in [1.29, 1.82) is 0 Å². The van der Waals surface area contributed by atoms with E-state index in [1.54, 1.807) is 48.5 Å². The molecular formula is C25H22N4O5S. The molecule has 1 aromatic heterocycles. The van der Waals surface area contributed by atoms with Gasteiger partial charge in [-0.2, -0.15) is 0 Å². The number of benzene rings is 3. The van der Waals surface area contributed by atoms with E-state index in [9.17, 15) is 18.3 Å². The van der Waals surface area contributed by atoms with Crippen LogP contribution in [0.3, 0.4) is 0 Å². The van der Waals surface area contributed by atoms with Gasteiger partial charge in [-0.05, 0) is 61.5 Å². The third kappa shape index (κ3) is 5.92. The first kappa shape index (κ1) is 23.7. The second-order valence-corrected chi connectivity index (χ2v) is 9.07.